The second-order valence-electron chi connectivity index (χ2n) is 13.6. The molecule has 2 aromatic carbocycles. The Morgan fingerprint density at radius 2 is 1.88 bits per heavy atom. The molecule has 7 atom stereocenters. The molecule has 7 rings (SSSR count). The summed E-state index contributed by atoms with van der Waals surface area (Å²) in [6.07, 6.45) is 11.3. The van der Waals surface area contributed by atoms with Gasteiger partial charge in [0.05, 0.1) is 12.7 Å². The van der Waals surface area contributed by atoms with Crippen LogP contribution in [0.25, 0.3) is 21.2 Å². The van der Waals surface area contributed by atoms with Crippen molar-refractivity contribution in [2.45, 2.75) is 84.2 Å². The number of phenolic OH excluding ortho intramolecular Hbond substituents is 1. The number of phenols is 1. The number of thiophene rings is 1. The molecular formula is C36H42O4S. The molecular weight excluding hydrogens is 528 g/mol. The quantitative estimate of drug-likeness (QED) is 0.243. The number of fused-ring (bicyclic) bond motifs is 6. The molecule has 0 unspecified atom stereocenters. The van der Waals surface area contributed by atoms with E-state index in [1.807, 2.05) is 30.3 Å². The number of allylic oxidation sites excluding steroid dienone is 1. The molecule has 216 valence electrons. The van der Waals surface area contributed by atoms with Crippen LogP contribution in [0.3, 0.4) is 0 Å². The number of aliphatic hydroxyl groups excluding tert-OH is 1. The summed E-state index contributed by atoms with van der Waals surface area (Å²) in [5, 5.41) is 24.9. The number of rotatable bonds is 4. The van der Waals surface area contributed by atoms with Gasteiger partial charge >= 0.3 is 5.97 Å². The minimum atomic E-state index is -0.463. The Hall–Kier alpha value is -2.63. The van der Waals surface area contributed by atoms with Crippen molar-refractivity contribution in [1.29, 1.82) is 0 Å². The van der Waals surface area contributed by atoms with E-state index in [4.69, 9.17) is 4.74 Å². The molecule has 3 fully saturated rings. The van der Waals surface area contributed by atoms with Gasteiger partial charge in [0.25, 0.3) is 0 Å². The standard InChI is InChI=1S/C36H42O4S/c1-4-40-34(39)33-29(38)19-30-32(31(33)21-8-6-5-7-9-21)25(20-41-30)27-13-12-26-24-11-10-22-18-23(37)14-16-35(22,2)28(24)15-17-36(26,27)3/h5-10,19-20,23-24,26-28,37-38H,4,11-18H2,1-3H3/t23-,24-,26-,27+,28-,35-,36-/m0/s1. The van der Waals surface area contributed by atoms with Crippen molar-refractivity contribution in [1.82, 2.24) is 0 Å². The Labute approximate surface area is 247 Å². The van der Waals surface area contributed by atoms with Gasteiger partial charge < -0.3 is 14.9 Å². The largest absolute Gasteiger partial charge is 0.507 e. The first-order valence-electron chi connectivity index (χ1n) is 15.6. The molecule has 0 aliphatic heterocycles. The van der Waals surface area contributed by atoms with Gasteiger partial charge in [0.2, 0.25) is 0 Å². The summed E-state index contributed by atoms with van der Waals surface area (Å²) in [5.74, 6) is 2.02. The van der Waals surface area contributed by atoms with Crippen molar-refractivity contribution in [3.8, 4) is 16.9 Å². The van der Waals surface area contributed by atoms with Crippen molar-refractivity contribution in [3.05, 3.63) is 64.6 Å². The van der Waals surface area contributed by atoms with Gasteiger partial charge in [0.1, 0.15) is 11.3 Å². The Balaban J connectivity index is 1.33. The van der Waals surface area contributed by atoms with Gasteiger partial charge in [-0.2, -0.15) is 0 Å². The molecule has 5 heteroatoms. The van der Waals surface area contributed by atoms with Crippen molar-refractivity contribution in [2.24, 2.45) is 28.6 Å². The minimum absolute atomic E-state index is 0.00476. The van der Waals surface area contributed by atoms with E-state index in [1.54, 1.807) is 24.3 Å². The van der Waals surface area contributed by atoms with Gasteiger partial charge in [-0.15, -0.1) is 11.3 Å². The van der Waals surface area contributed by atoms with Gasteiger partial charge in [-0.1, -0.05) is 55.8 Å². The maximum absolute atomic E-state index is 13.3. The summed E-state index contributed by atoms with van der Waals surface area (Å²) in [6.45, 7) is 7.12. The summed E-state index contributed by atoms with van der Waals surface area (Å²) >= 11 is 1.69. The second kappa shape index (κ2) is 9.98. The van der Waals surface area contributed by atoms with Gasteiger partial charge in [0.15, 0.2) is 0 Å². The number of aliphatic hydroxyl groups is 1. The van der Waals surface area contributed by atoms with Crippen LogP contribution in [0.4, 0.5) is 0 Å². The Kier molecular flexibility index (Phi) is 6.63. The van der Waals surface area contributed by atoms with Crippen LogP contribution in [-0.2, 0) is 4.74 Å². The molecule has 4 aliphatic rings. The summed E-state index contributed by atoms with van der Waals surface area (Å²) in [7, 11) is 0. The molecule has 2 N–H and O–H groups in total. The van der Waals surface area contributed by atoms with E-state index in [2.05, 4.69) is 25.3 Å². The number of hydrogen-bond donors (Lipinski definition) is 2. The first-order chi connectivity index (χ1) is 19.8. The number of ether oxygens (including phenoxy) is 1. The average Bonchev–Trinajstić information content (AvgIpc) is 3.53. The fraction of sp³-hybridized carbons (Fsp3) is 0.528. The third kappa shape index (κ3) is 4.06. The predicted octanol–water partition coefficient (Wildman–Crippen LogP) is 8.86. The van der Waals surface area contributed by atoms with E-state index in [1.165, 1.54) is 30.4 Å². The highest BCUT2D eigenvalue weighted by atomic mass is 32.1. The predicted molar refractivity (Wildman–Crippen MR) is 165 cm³/mol. The molecule has 3 aromatic rings. The fourth-order valence-electron chi connectivity index (χ4n) is 9.92. The van der Waals surface area contributed by atoms with Gasteiger partial charge in [0, 0.05) is 15.6 Å². The van der Waals surface area contributed by atoms with Crippen molar-refractivity contribution < 1.29 is 19.7 Å². The van der Waals surface area contributed by atoms with Gasteiger partial charge in [-0.25, -0.2) is 4.79 Å². The molecule has 0 radical (unpaired) electrons. The zero-order valence-electron chi connectivity index (χ0n) is 24.5. The SMILES string of the molecule is CCOC(=O)c1c(O)cc2scc([C@H]3CC[C@H]4[C@@H]5CC=C6C[C@@H](O)CC[C@]6(C)[C@H]5CC[C@]34C)c2c1-c1ccccc1. The molecule has 1 aromatic heterocycles. The molecule has 4 aliphatic carbocycles. The highest BCUT2D eigenvalue weighted by molar-refractivity contribution is 7.17. The number of esters is 1. The molecule has 0 amide bonds. The second-order valence-corrected chi connectivity index (χ2v) is 14.5. The van der Waals surface area contributed by atoms with Crippen LogP contribution < -0.4 is 0 Å². The summed E-state index contributed by atoms with van der Waals surface area (Å²) < 4.78 is 6.50. The van der Waals surface area contributed by atoms with Gasteiger partial charge in [-0.3, -0.25) is 0 Å². The van der Waals surface area contributed by atoms with E-state index in [-0.39, 0.29) is 34.9 Å². The first kappa shape index (κ1) is 27.2. The van der Waals surface area contributed by atoms with Crippen LogP contribution in [0.2, 0.25) is 0 Å². The lowest BCUT2D eigenvalue weighted by molar-refractivity contribution is -0.0408. The first-order valence-corrected chi connectivity index (χ1v) is 16.5. The number of benzene rings is 2. The molecule has 4 nitrogen and oxygen atoms in total. The lowest BCUT2D eigenvalue weighted by Gasteiger charge is -2.58. The molecule has 3 saturated carbocycles. The minimum Gasteiger partial charge on any atom is -0.507 e. The van der Waals surface area contributed by atoms with Crippen LogP contribution in [0, 0.1) is 28.6 Å². The summed E-state index contributed by atoms with van der Waals surface area (Å²) in [6, 6.07) is 11.8. The van der Waals surface area contributed by atoms with E-state index in [0.29, 0.717) is 23.7 Å². The summed E-state index contributed by atoms with van der Waals surface area (Å²) in [5.41, 5.74) is 5.34. The third-order valence-corrected chi connectivity index (χ3v) is 12.8. The van der Waals surface area contributed by atoms with Crippen LogP contribution in [0.1, 0.15) is 94.0 Å². The van der Waals surface area contributed by atoms with Crippen LogP contribution in [-0.4, -0.2) is 28.9 Å². The fourth-order valence-corrected chi connectivity index (χ4v) is 11.0. The maximum Gasteiger partial charge on any atom is 0.342 e. The van der Waals surface area contributed by atoms with Crippen molar-refractivity contribution >= 4 is 27.4 Å². The lowest BCUT2D eigenvalue weighted by atomic mass is 9.47. The third-order valence-electron chi connectivity index (χ3n) is 11.9. The maximum atomic E-state index is 13.3. The molecule has 0 bridgehead atoms. The summed E-state index contributed by atoms with van der Waals surface area (Å²) in [4.78, 5) is 13.3. The smallest absolute Gasteiger partial charge is 0.342 e. The number of carbonyl (C=O) groups excluding carboxylic acids is 1. The van der Waals surface area contributed by atoms with Crippen LogP contribution in [0.15, 0.2) is 53.4 Å². The molecule has 0 spiro atoms. The van der Waals surface area contributed by atoms with E-state index in [9.17, 15) is 15.0 Å². The van der Waals surface area contributed by atoms with Crippen molar-refractivity contribution in [2.75, 3.05) is 6.61 Å². The van der Waals surface area contributed by atoms with E-state index >= 15 is 0 Å². The lowest BCUT2D eigenvalue weighted by Crippen LogP contribution is -2.50. The highest BCUT2D eigenvalue weighted by Crippen LogP contribution is 2.68. The van der Waals surface area contributed by atoms with Crippen LogP contribution in [0.5, 0.6) is 5.75 Å². The highest BCUT2D eigenvalue weighted by Gasteiger charge is 2.59. The van der Waals surface area contributed by atoms with Crippen molar-refractivity contribution in [3.63, 3.8) is 0 Å². The number of aromatic hydroxyl groups is 1. The Morgan fingerprint density at radius 3 is 2.66 bits per heavy atom. The van der Waals surface area contributed by atoms with Crippen LogP contribution >= 0.6 is 11.3 Å². The average molecular weight is 571 g/mol. The number of hydrogen-bond acceptors (Lipinski definition) is 5. The van der Waals surface area contributed by atoms with Gasteiger partial charge in [-0.05, 0) is 115 Å². The van der Waals surface area contributed by atoms with E-state index < -0.39 is 5.97 Å². The molecule has 1 heterocycles. The molecule has 41 heavy (non-hydrogen) atoms. The zero-order valence-corrected chi connectivity index (χ0v) is 25.3. The Bertz CT molecular complexity index is 1520. The topological polar surface area (TPSA) is 66.8 Å². The Morgan fingerprint density at radius 1 is 1.07 bits per heavy atom. The monoisotopic (exact) mass is 570 g/mol. The normalized spacial score (nSPS) is 34.4. The number of carbonyl (C=O) groups is 1. The van der Waals surface area contributed by atoms with E-state index in [0.717, 1.165) is 53.3 Å². The zero-order chi connectivity index (χ0) is 28.5. The molecule has 0 saturated heterocycles.